The van der Waals surface area contributed by atoms with Crippen LogP contribution in [0, 0.1) is 0 Å². The summed E-state index contributed by atoms with van der Waals surface area (Å²) in [5.41, 5.74) is 0. The zero-order valence-electron chi connectivity index (χ0n) is 10.6. The van der Waals surface area contributed by atoms with E-state index < -0.39 is 0 Å². The quantitative estimate of drug-likeness (QED) is 0.749. The van der Waals surface area contributed by atoms with E-state index in [1.165, 1.54) is 12.8 Å². The number of anilines is 1. The van der Waals surface area contributed by atoms with Gasteiger partial charge in [0.15, 0.2) is 0 Å². The minimum atomic E-state index is 0.608. The van der Waals surface area contributed by atoms with Crippen LogP contribution in [-0.2, 0) is 0 Å². The monoisotopic (exact) mass is 297 g/mol. The van der Waals surface area contributed by atoms with E-state index in [2.05, 4.69) is 39.7 Å². The number of hydrogen-bond acceptors (Lipinski definition) is 3. The first-order chi connectivity index (χ1) is 8.24. The Balaban J connectivity index is 2.21. The molecule has 94 valence electrons. The molecule has 0 amide bonds. The average molecular weight is 298 g/mol. The van der Waals surface area contributed by atoms with Gasteiger partial charge < -0.3 is 4.90 Å². The minimum absolute atomic E-state index is 0.608. The summed E-state index contributed by atoms with van der Waals surface area (Å²) in [6.45, 7) is 6.56. The van der Waals surface area contributed by atoms with Gasteiger partial charge in [-0.05, 0) is 41.6 Å². The normalized spacial score (nSPS) is 15.0. The van der Waals surface area contributed by atoms with E-state index in [1.807, 2.05) is 6.07 Å². The first kappa shape index (κ1) is 12.8. The molecule has 0 unspecified atom stereocenters. The van der Waals surface area contributed by atoms with Crippen molar-refractivity contribution in [2.24, 2.45) is 0 Å². The Morgan fingerprint density at radius 2 is 1.88 bits per heavy atom. The van der Waals surface area contributed by atoms with Gasteiger partial charge in [-0.25, -0.2) is 9.97 Å². The van der Waals surface area contributed by atoms with Crippen molar-refractivity contribution in [3.63, 3.8) is 0 Å². The van der Waals surface area contributed by atoms with Crippen LogP contribution in [-0.4, -0.2) is 23.1 Å². The van der Waals surface area contributed by atoms with Crippen LogP contribution in [0.1, 0.15) is 51.3 Å². The van der Waals surface area contributed by atoms with Gasteiger partial charge in [0.25, 0.3) is 0 Å². The Hall–Kier alpha value is -0.640. The number of nitrogens with zero attached hydrogens (tertiary/aromatic N) is 3. The maximum absolute atomic E-state index is 4.72. The van der Waals surface area contributed by atoms with Crippen molar-refractivity contribution in [1.29, 1.82) is 0 Å². The fourth-order valence-corrected chi connectivity index (χ4v) is 2.38. The molecule has 0 spiro atoms. The van der Waals surface area contributed by atoms with Crippen molar-refractivity contribution in [3.05, 3.63) is 16.5 Å². The van der Waals surface area contributed by atoms with Gasteiger partial charge in [0.2, 0.25) is 0 Å². The van der Waals surface area contributed by atoms with Crippen LogP contribution in [0.15, 0.2) is 10.7 Å². The maximum Gasteiger partial charge on any atom is 0.135 e. The molecular formula is C13H20BrN3. The molecule has 1 aliphatic rings. The summed E-state index contributed by atoms with van der Waals surface area (Å²) in [7, 11) is 0. The van der Waals surface area contributed by atoms with Crippen molar-refractivity contribution in [3.8, 4) is 0 Å². The topological polar surface area (TPSA) is 29.0 Å². The molecule has 1 heterocycles. The van der Waals surface area contributed by atoms with Crippen LogP contribution in [0.3, 0.4) is 0 Å². The number of aromatic nitrogens is 2. The molecule has 0 N–H and O–H groups in total. The molecule has 0 aliphatic heterocycles. The summed E-state index contributed by atoms with van der Waals surface area (Å²) in [6.07, 6.45) is 4.80. The Morgan fingerprint density at radius 3 is 2.41 bits per heavy atom. The van der Waals surface area contributed by atoms with Gasteiger partial charge in [-0.15, -0.1) is 0 Å². The summed E-state index contributed by atoms with van der Waals surface area (Å²) < 4.78 is 0.918. The molecule has 1 aromatic heterocycles. The van der Waals surface area contributed by atoms with Gasteiger partial charge in [-0.1, -0.05) is 13.8 Å². The van der Waals surface area contributed by atoms with E-state index in [-0.39, 0.29) is 0 Å². The molecule has 2 rings (SSSR count). The second-order valence-electron chi connectivity index (χ2n) is 4.67. The molecule has 4 heteroatoms. The molecule has 0 atom stereocenters. The fourth-order valence-electron chi connectivity index (χ4n) is 1.99. The molecule has 1 aliphatic carbocycles. The van der Waals surface area contributed by atoms with E-state index in [9.17, 15) is 0 Å². The third-order valence-corrected chi connectivity index (χ3v) is 3.36. The zero-order chi connectivity index (χ0) is 12.3. The van der Waals surface area contributed by atoms with Crippen LogP contribution in [0.5, 0.6) is 0 Å². The first-order valence-electron chi connectivity index (χ1n) is 6.54. The second kappa shape index (κ2) is 5.80. The smallest absolute Gasteiger partial charge is 0.135 e. The minimum Gasteiger partial charge on any atom is -0.357 e. The highest BCUT2D eigenvalue weighted by atomic mass is 79.9. The van der Waals surface area contributed by atoms with E-state index in [1.54, 1.807) is 0 Å². The Kier molecular flexibility index (Phi) is 4.37. The highest BCUT2D eigenvalue weighted by Crippen LogP contribution is 2.39. The molecule has 0 radical (unpaired) electrons. The van der Waals surface area contributed by atoms with Crippen LogP contribution in [0.25, 0.3) is 0 Å². The van der Waals surface area contributed by atoms with Gasteiger partial charge in [-0.3, -0.25) is 0 Å². The molecular weight excluding hydrogens is 278 g/mol. The fraction of sp³-hybridized carbons (Fsp3) is 0.692. The van der Waals surface area contributed by atoms with Crippen molar-refractivity contribution >= 4 is 21.7 Å². The maximum atomic E-state index is 4.72. The summed E-state index contributed by atoms with van der Waals surface area (Å²) in [4.78, 5) is 11.6. The van der Waals surface area contributed by atoms with Crippen molar-refractivity contribution < 1.29 is 0 Å². The predicted octanol–water partition coefficient (Wildman–Crippen LogP) is 3.74. The van der Waals surface area contributed by atoms with Crippen molar-refractivity contribution in [2.45, 2.75) is 45.4 Å². The van der Waals surface area contributed by atoms with Crippen molar-refractivity contribution in [1.82, 2.24) is 9.97 Å². The Morgan fingerprint density at radius 1 is 1.24 bits per heavy atom. The van der Waals surface area contributed by atoms with Crippen LogP contribution >= 0.6 is 15.9 Å². The third kappa shape index (κ3) is 3.41. The molecule has 0 aromatic carbocycles. The van der Waals surface area contributed by atoms with Crippen molar-refractivity contribution in [2.75, 3.05) is 18.0 Å². The van der Waals surface area contributed by atoms with Crippen LogP contribution in [0.4, 0.5) is 5.82 Å². The molecule has 3 nitrogen and oxygen atoms in total. The first-order valence-corrected chi connectivity index (χ1v) is 7.33. The lowest BCUT2D eigenvalue weighted by atomic mass is 10.3. The van der Waals surface area contributed by atoms with Gasteiger partial charge >= 0.3 is 0 Å². The van der Waals surface area contributed by atoms with E-state index >= 15 is 0 Å². The average Bonchev–Trinajstić information content (AvgIpc) is 3.12. The number of rotatable bonds is 6. The standard InChI is InChI=1S/C13H20BrN3/c1-3-7-17(8-4-2)12-9-11(14)15-13(16-12)10-5-6-10/h9-10H,3-8H2,1-2H3. The molecule has 0 saturated heterocycles. The lowest BCUT2D eigenvalue weighted by Crippen LogP contribution is -2.26. The molecule has 0 bridgehead atoms. The predicted molar refractivity (Wildman–Crippen MR) is 74.5 cm³/mol. The van der Waals surface area contributed by atoms with Gasteiger partial charge in [-0.2, -0.15) is 0 Å². The lowest BCUT2D eigenvalue weighted by molar-refractivity contribution is 0.725. The summed E-state index contributed by atoms with van der Waals surface area (Å²) >= 11 is 3.50. The molecule has 17 heavy (non-hydrogen) atoms. The summed E-state index contributed by atoms with van der Waals surface area (Å²) in [6, 6.07) is 2.04. The zero-order valence-corrected chi connectivity index (χ0v) is 12.2. The number of hydrogen-bond donors (Lipinski definition) is 0. The molecule has 1 fully saturated rings. The van der Waals surface area contributed by atoms with Crippen LogP contribution in [0.2, 0.25) is 0 Å². The lowest BCUT2D eigenvalue weighted by Gasteiger charge is -2.23. The Bertz CT molecular complexity index is 371. The second-order valence-corrected chi connectivity index (χ2v) is 5.48. The third-order valence-electron chi connectivity index (χ3n) is 2.95. The largest absolute Gasteiger partial charge is 0.357 e. The molecule has 1 aromatic rings. The van der Waals surface area contributed by atoms with E-state index in [4.69, 9.17) is 4.98 Å². The number of halogens is 1. The van der Waals surface area contributed by atoms with Gasteiger partial charge in [0.05, 0.1) is 0 Å². The van der Waals surface area contributed by atoms with Crippen LogP contribution < -0.4 is 4.90 Å². The van der Waals surface area contributed by atoms with E-state index in [0.29, 0.717) is 5.92 Å². The summed E-state index contributed by atoms with van der Waals surface area (Å²) in [5.74, 6) is 2.71. The molecule has 1 saturated carbocycles. The highest BCUT2D eigenvalue weighted by molar-refractivity contribution is 9.10. The Labute approximate surface area is 112 Å². The van der Waals surface area contributed by atoms with Gasteiger partial charge in [0.1, 0.15) is 16.2 Å². The van der Waals surface area contributed by atoms with E-state index in [0.717, 1.165) is 42.2 Å². The summed E-state index contributed by atoms with van der Waals surface area (Å²) in [5, 5.41) is 0. The SMILES string of the molecule is CCCN(CCC)c1cc(Br)nc(C2CC2)n1. The van der Waals surface area contributed by atoms with Gasteiger partial charge in [0, 0.05) is 25.1 Å². The highest BCUT2D eigenvalue weighted by Gasteiger charge is 2.27.